The van der Waals surface area contributed by atoms with Crippen LogP contribution in [0.25, 0.3) is 0 Å². The minimum absolute atomic E-state index is 0.0626. The van der Waals surface area contributed by atoms with E-state index in [0.717, 1.165) is 69.4 Å². The molecule has 4 aliphatic rings. The van der Waals surface area contributed by atoms with Crippen LogP contribution in [0, 0.1) is 17.7 Å². The van der Waals surface area contributed by atoms with E-state index in [1.54, 1.807) is 0 Å². The lowest BCUT2D eigenvalue weighted by Crippen LogP contribution is -2.50. The molecule has 1 saturated carbocycles. The number of aliphatic hydroxyl groups excluding tert-OH is 1. The summed E-state index contributed by atoms with van der Waals surface area (Å²) in [6.45, 7) is 5.74. The van der Waals surface area contributed by atoms with Crippen molar-refractivity contribution in [3.05, 3.63) is 82.0 Å². The zero-order valence-corrected chi connectivity index (χ0v) is 24.0. The Morgan fingerprint density at radius 2 is 1.98 bits per heavy atom. The van der Waals surface area contributed by atoms with Gasteiger partial charge in [-0.05, 0) is 91.7 Å². The van der Waals surface area contributed by atoms with E-state index in [0.29, 0.717) is 24.6 Å². The van der Waals surface area contributed by atoms with Crippen LogP contribution in [-0.4, -0.2) is 47.9 Å². The summed E-state index contributed by atoms with van der Waals surface area (Å²) in [4.78, 5) is 14.4. The van der Waals surface area contributed by atoms with E-state index in [1.165, 1.54) is 48.6 Å². The van der Waals surface area contributed by atoms with Crippen LogP contribution in [0.15, 0.2) is 70.7 Å². The first kappa shape index (κ1) is 28.8. The van der Waals surface area contributed by atoms with Crippen LogP contribution in [0.1, 0.15) is 77.2 Å². The number of ether oxygens (including phenoxy) is 2. The van der Waals surface area contributed by atoms with Crippen molar-refractivity contribution < 1.29 is 23.8 Å². The van der Waals surface area contributed by atoms with Gasteiger partial charge < -0.3 is 19.5 Å². The van der Waals surface area contributed by atoms with Crippen LogP contribution in [0.5, 0.6) is 0 Å². The van der Waals surface area contributed by atoms with Gasteiger partial charge in [0.15, 0.2) is 0 Å². The van der Waals surface area contributed by atoms with Crippen molar-refractivity contribution >= 4 is 5.97 Å². The van der Waals surface area contributed by atoms with E-state index in [2.05, 4.69) is 30.1 Å². The fraction of sp³-hybridized carbons (Fsp3) is 0.559. The van der Waals surface area contributed by atoms with Gasteiger partial charge in [-0.2, -0.15) is 0 Å². The molecule has 5 rings (SSSR count). The van der Waals surface area contributed by atoms with E-state index in [9.17, 15) is 14.3 Å². The number of hydrogen-bond acceptors (Lipinski definition) is 5. The van der Waals surface area contributed by atoms with E-state index in [-0.39, 0.29) is 23.7 Å². The van der Waals surface area contributed by atoms with Crippen LogP contribution in [0.4, 0.5) is 4.39 Å². The van der Waals surface area contributed by atoms with Gasteiger partial charge in [0.1, 0.15) is 11.6 Å². The van der Waals surface area contributed by atoms with Gasteiger partial charge in [-0.3, -0.25) is 4.79 Å². The number of benzene rings is 1. The molecule has 0 spiro atoms. The SMILES string of the molecule is CC[C@H](CCOCCCCc1ccc(F)cc1)C1=CC2C(=C3CCCC[C@@H]3N3C[C@H](O)CC(OC(C)=O)=C23)C=C1. The first-order valence-corrected chi connectivity index (χ1v) is 15.3. The molecule has 2 heterocycles. The molecule has 0 saturated heterocycles. The second kappa shape index (κ2) is 13.3. The number of carbonyl (C=O) groups excluding carboxylic acids is 1. The molecule has 1 aromatic carbocycles. The maximum absolute atomic E-state index is 13.1. The van der Waals surface area contributed by atoms with Crippen molar-refractivity contribution in [2.75, 3.05) is 19.8 Å². The Kier molecular flexibility index (Phi) is 9.59. The van der Waals surface area contributed by atoms with Gasteiger partial charge in [0.25, 0.3) is 0 Å². The molecular formula is C34H44FNO4. The van der Waals surface area contributed by atoms with E-state index >= 15 is 0 Å². The molecule has 40 heavy (non-hydrogen) atoms. The monoisotopic (exact) mass is 549 g/mol. The molecule has 0 radical (unpaired) electrons. The minimum atomic E-state index is -0.526. The number of fused-ring (bicyclic) bond motifs is 5. The molecule has 2 aliphatic heterocycles. The topological polar surface area (TPSA) is 59.0 Å². The first-order chi connectivity index (χ1) is 19.4. The summed E-state index contributed by atoms with van der Waals surface area (Å²) in [6.07, 6.45) is 16.4. The molecule has 2 aliphatic carbocycles. The normalized spacial score (nSPS) is 24.8. The average Bonchev–Trinajstić information content (AvgIpc) is 2.95. The number of esters is 1. The molecule has 1 aromatic rings. The summed E-state index contributed by atoms with van der Waals surface area (Å²) in [5.74, 6) is 0.584. The van der Waals surface area contributed by atoms with Gasteiger partial charge in [-0.15, -0.1) is 0 Å². The number of rotatable bonds is 11. The largest absolute Gasteiger partial charge is 0.429 e. The van der Waals surface area contributed by atoms with Gasteiger partial charge in [-0.1, -0.05) is 43.7 Å². The van der Waals surface area contributed by atoms with Gasteiger partial charge in [0, 0.05) is 39.0 Å². The Labute approximate surface area is 238 Å². The zero-order chi connectivity index (χ0) is 28.1. The lowest BCUT2D eigenvalue weighted by atomic mass is 9.71. The second-order valence-corrected chi connectivity index (χ2v) is 11.7. The third-order valence-electron chi connectivity index (χ3n) is 8.95. The number of hydrogen-bond donors (Lipinski definition) is 1. The molecular weight excluding hydrogens is 505 g/mol. The van der Waals surface area contributed by atoms with Crippen molar-refractivity contribution in [3.63, 3.8) is 0 Å². The van der Waals surface area contributed by atoms with E-state index < -0.39 is 6.10 Å². The number of allylic oxidation sites excluding steroid dienone is 4. The van der Waals surface area contributed by atoms with Crippen LogP contribution in [0.3, 0.4) is 0 Å². The summed E-state index contributed by atoms with van der Waals surface area (Å²) in [5, 5.41) is 10.7. The maximum Gasteiger partial charge on any atom is 0.307 e. The molecule has 6 heteroatoms. The molecule has 4 atom stereocenters. The van der Waals surface area contributed by atoms with Crippen molar-refractivity contribution in [3.8, 4) is 0 Å². The number of unbranched alkanes of at least 4 members (excludes halogenated alkanes) is 1. The fourth-order valence-corrected chi connectivity index (χ4v) is 7.01. The summed E-state index contributed by atoms with van der Waals surface area (Å²) >= 11 is 0. The molecule has 0 bridgehead atoms. The number of halogens is 1. The summed E-state index contributed by atoms with van der Waals surface area (Å²) in [5.41, 5.74) is 6.44. The van der Waals surface area contributed by atoms with Gasteiger partial charge >= 0.3 is 5.97 Å². The molecule has 1 unspecified atom stereocenters. The van der Waals surface area contributed by atoms with Gasteiger partial charge in [0.05, 0.1) is 17.8 Å². The lowest BCUT2D eigenvalue weighted by molar-refractivity contribution is -0.138. The Hall–Kier alpha value is -2.70. The lowest BCUT2D eigenvalue weighted by Gasteiger charge is -2.50. The van der Waals surface area contributed by atoms with Gasteiger partial charge in [0.2, 0.25) is 0 Å². The zero-order valence-electron chi connectivity index (χ0n) is 24.0. The third kappa shape index (κ3) is 6.60. The van der Waals surface area contributed by atoms with E-state index in [4.69, 9.17) is 9.47 Å². The summed E-state index contributed by atoms with van der Waals surface area (Å²) in [6, 6.07) is 7.04. The first-order valence-electron chi connectivity index (χ1n) is 15.3. The predicted molar refractivity (Wildman–Crippen MR) is 155 cm³/mol. The highest BCUT2D eigenvalue weighted by atomic mass is 19.1. The van der Waals surface area contributed by atoms with Crippen molar-refractivity contribution in [1.29, 1.82) is 0 Å². The Morgan fingerprint density at radius 3 is 2.75 bits per heavy atom. The highest BCUT2D eigenvalue weighted by Gasteiger charge is 2.44. The maximum atomic E-state index is 13.1. The highest BCUT2D eigenvalue weighted by molar-refractivity contribution is 5.67. The van der Waals surface area contributed by atoms with Crippen LogP contribution in [-0.2, 0) is 20.7 Å². The standard InChI is InChI=1S/C34H44FNO4/c1-3-25(17-19-39-18-7-6-8-24-11-14-27(35)15-12-24)26-13-16-29-30-9-4-5-10-32(30)36-22-28(38)21-33(40-23(2)37)34(36)31(29)20-26/h11-16,20,25,28,31-32,38H,3-10,17-19,21-22H2,1-2H3/t25-,28-,31?,32+/m1/s1. The van der Waals surface area contributed by atoms with Crippen molar-refractivity contribution in [1.82, 2.24) is 4.90 Å². The molecule has 1 N–H and O–H groups in total. The quantitative estimate of drug-likeness (QED) is 0.243. The third-order valence-corrected chi connectivity index (χ3v) is 8.95. The molecule has 5 nitrogen and oxygen atoms in total. The molecule has 216 valence electrons. The molecule has 0 aromatic heterocycles. The van der Waals surface area contributed by atoms with Crippen LogP contribution in [0.2, 0.25) is 0 Å². The number of carbonyl (C=O) groups is 1. The van der Waals surface area contributed by atoms with Crippen molar-refractivity contribution in [2.24, 2.45) is 11.8 Å². The predicted octanol–water partition coefficient (Wildman–Crippen LogP) is 6.79. The van der Waals surface area contributed by atoms with Gasteiger partial charge in [-0.25, -0.2) is 4.39 Å². The van der Waals surface area contributed by atoms with Crippen molar-refractivity contribution in [2.45, 2.75) is 90.2 Å². The second-order valence-electron chi connectivity index (χ2n) is 11.7. The smallest absolute Gasteiger partial charge is 0.307 e. The van der Waals surface area contributed by atoms with Crippen LogP contribution < -0.4 is 0 Å². The number of aliphatic hydroxyl groups is 1. The Balaban J connectivity index is 1.25. The summed E-state index contributed by atoms with van der Waals surface area (Å²) < 4.78 is 24.9. The fourth-order valence-electron chi connectivity index (χ4n) is 7.01. The average molecular weight is 550 g/mol. The molecule has 1 fully saturated rings. The van der Waals surface area contributed by atoms with E-state index in [1.807, 2.05) is 12.1 Å². The summed E-state index contributed by atoms with van der Waals surface area (Å²) in [7, 11) is 0. The Bertz CT molecular complexity index is 1180. The number of aryl methyl sites for hydroxylation is 1. The van der Waals surface area contributed by atoms with Crippen LogP contribution >= 0.6 is 0 Å². The molecule has 0 amide bonds. The number of nitrogens with zero attached hydrogens (tertiary/aromatic N) is 1. The Morgan fingerprint density at radius 1 is 1.15 bits per heavy atom. The minimum Gasteiger partial charge on any atom is -0.429 e. The highest BCUT2D eigenvalue weighted by Crippen LogP contribution is 2.48.